The van der Waals surface area contributed by atoms with E-state index >= 15 is 0 Å². The lowest BCUT2D eigenvalue weighted by Crippen LogP contribution is -2.13. The van der Waals surface area contributed by atoms with Gasteiger partial charge in [0.05, 0.1) is 7.11 Å². The molecule has 2 aliphatic carbocycles. The van der Waals surface area contributed by atoms with Crippen LogP contribution in [-0.2, 0) is 11.2 Å². The van der Waals surface area contributed by atoms with Crippen molar-refractivity contribution in [3.05, 3.63) is 57.5 Å². The van der Waals surface area contributed by atoms with Crippen molar-refractivity contribution in [3.8, 4) is 0 Å². The summed E-state index contributed by atoms with van der Waals surface area (Å²) in [6.07, 6.45) is 6.22. The number of nitrogens with zero attached hydrogens (tertiary/aromatic N) is 2. The Morgan fingerprint density at radius 3 is 2.89 bits per heavy atom. The molecule has 1 fully saturated rings. The molecule has 0 amide bonds. The van der Waals surface area contributed by atoms with Gasteiger partial charge in [-0.15, -0.1) is 0 Å². The fourth-order valence-electron chi connectivity index (χ4n) is 3.40. The Balaban J connectivity index is 1.50. The molecule has 6 heteroatoms. The first-order valence-corrected chi connectivity index (χ1v) is 9.63. The summed E-state index contributed by atoms with van der Waals surface area (Å²) in [6.45, 7) is 2.80. The van der Waals surface area contributed by atoms with Gasteiger partial charge in [0.15, 0.2) is 5.69 Å². The Bertz CT molecular complexity index is 935. The Morgan fingerprint density at radius 1 is 1.33 bits per heavy atom. The second kappa shape index (κ2) is 7.31. The van der Waals surface area contributed by atoms with Crippen molar-refractivity contribution in [1.82, 2.24) is 9.97 Å². The number of carbonyl (C=O) groups is 1. The fraction of sp³-hybridized carbons (Fsp3) is 0.381. The zero-order valence-corrected chi connectivity index (χ0v) is 16.3. The van der Waals surface area contributed by atoms with Gasteiger partial charge in [0.25, 0.3) is 0 Å². The average molecular weight is 384 g/mol. The van der Waals surface area contributed by atoms with Crippen molar-refractivity contribution in [2.75, 3.05) is 19.0 Å². The van der Waals surface area contributed by atoms with E-state index in [1.165, 1.54) is 29.4 Å². The molecule has 140 valence electrons. The van der Waals surface area contributed by atoms with Crippen LogP contribution >= 0.6 is 11.6 Å². The third-order valence-corrected chi connectivity index (χ3v) is 5.41. The Labute approximate surface area is 163 Å². The highest BCUT2D eigenvalue weighted by atomic mass is 35.5. The van der Waals surface area contributed by atoms with Gasteiger partial charge in [-0.05, 0) is 49.3 Å². The van der Waals surface area contributed by atoms with Crippen LogP contribution < -0.4 is 5.32 Å². The zero-order valence-electron chi connectivity index (χ0n) is 15.5. The number of halogens is 1. The predicted octanol–water partition coefficient (Wildman–Crippen LogP) is 4.54. The molecule has 4 rings (SSSR count). The second-order valence-corrected chi connectivity index (χ2v) is 7.51. The summed E-state index contributed by atoms with van der Waals surface area (Å²) in [5.74, 6) is 0.967. The molecule has 0 unspecified atom stereocenters. The highest BCUT2D eigenvalue weighted by Crippen LogP contribution is 2.40. The maximum absolute atomic E-state index is 12.0. The number of aromatic nitrogens is 2. The summed E-state index contributed by atoms with van der Waals surface area (Å²) in [5, 5.41) is 3.52. The van der Waals surface area contributed by atoms with Gasteiger partial charge in [0.2, 0.25) is 0 Å². The molecule has 2 aliphatic rings. The van der Waals surface area contributed by atoms with Gasteiger partial charge in [-0.1, -0.05) is 41.4 Å². The first kappa shape index (κ1) is 18.0. The molecule has 1 saturated carbocycles. The van der Waals surface area contributed by atoms with Gasteiger partial charge in [-0.3, -0.25) is 0 Å². The number of aryl methyl sites for hydroxylation is 1. The molecule has 27 heavy (non-hydrogen) atoms. The molecule has 2 aromatic rings. The molecule has 0 aliphatic heterocycles. The van der Waals surface area contributed by atoms with E-state index in [1.807, 2.05) is 0 Å². The number of methoxy groups -OCH3 is 1. The summed E-state index contributed by atoms with van der Waals surface area (Å²) < 4.78 is 4.81. The number of esters is 1. The van der Waals surface area contributed by atoms with Crippen LogP contribution in [0.4, 0.5) is 5.82 Å². The van der Waals surface area contributed by atoms with Crippen LogP contribution in [-0.4, -0.2) is 29.6 Å². The van der Waals surface area contributed by atoms with Gasteiger partial charge in [-0.25, -0.2) is 14.8 Å². The number of nitrogens with one attached hydrogen (secondary N) is 1. The number of allylic oxidation sites excluding steroid dienone is 1. The lowest BCUT2D eigenvalue weighted by atomic mass is 10.0. The predicted molar refractivity (Wildman–Crippen MR) is 106 cm³/mol. The van der Waals surface area contributed by atoms with Gasteiger partial charge < -0.3 is 10.1 Å². The van der Waals surface area contributed by atoms with Crippen LogP contribution in [0.5, 0.6) is 0 Å². The normalized spacial score (nSPS) is 15.3. The van der Waals surface area contributed by atoms with E-state index in [4.69, 9.17) is 16.3 Å². The van der Waals surface area contributed by atoms with E-state index in [0.717, 1.165) is 25.7 Å². The topological polar surface area (TPSA) is 64.1 Å². The van der Waals surface area contributed by atoms with Gasteiger partial charge >= 0.3 is 5.97 Å². The molecule has 5 nitrogen and oxygen atoms in total. The fourth-order valence-corrected chi connectivity index (χ4v) is 3.63. The van der Waals surface area contributed by atoms with Crippen LogP contribution in [0.1, 0.15) is 58.2 Å². The van der Waals surface area contributed by atoms with E-state index in [1.54, 1.807) is 0 Å². The van der Waals surface area contributed by atoms with Crippen molar-refractivity contribution in [1.29, 1.82) is 0 Å². The number of ether oxygens (including phenoxy) is 1. The first-order chi connectivity index (χ1) is 13.1. The highest BCUT2D eigenvalue weighted by molar-refractivity contribution is 6.35. The third-order valence-electron chi connectivity index (χ3n) is 5.06. The number of hydrogen-bond donors (Lipinski definition) is 1. The minimum absolute atomic E-state index is 0.139. The summed E-state index contributed by atoms with van der Waals surface area (Å²) in [4.78, 5) is 20.9. The van der Waals surface area contributed by atoms with E-state index in [0.29, 0.717) is 24.1 Å². The van der Waals surface area contributed by atoms with Crippen LogP contribution in [0.2, 0.25) is 5.02 Å². The molecule has 0 saturated heterocycles. The highest BCUT2D eigenvalue weighted by Gasteiger charge is 2.30. The summed E-state index contributed by atoms with van der Waals surface area (Å²) in [5.41, 5.74) is 5.45. The number of anilines is 1. The molecule has 1 aromatic heterocycles. The zero-order chi connectivity index (χ0) is 19.0. The van der Waals surface area contributed by atoms with Gasteiger partial charge in [0, 0.05) is 12.5 Å². The minimum atomic E-state index is -0.532. The smallest absolute Gasteiger partial charge is 0.358 e. The molecular formula is C21H22ClN3O2. The number of carbonyl (C=O) groups excluding carboxylic acids is 1. The minimum Gasteiger partial charge on any atom is -0.464 e. The Morgan fingerprint density at radius 2 is 2.15 bits per heavy atom. The lowest BCUT2D eigenvalue weighted by Gasteiger charge is -2.13. The number of fused-ring (bicyclic) bond motifs is 1. The largest absolute Gasteiger partial charge is 0.464 e. The maximum Gasteiger partial charge on any atom is 0.358 e. The molecule has 0 spiro atoms. The van der Waals surface area contributed by atoms with E-state index in [2.05, 4.69) is 46.5 Å². The first-order valence-electron chi connectivity index (χ1n) is 9.25. The number of hydrogen-bond acceptors (Lipinski definition) is 5. The molecular weight excluding hydrogens is 362 g/mol. The maximum atomic E-state index is 12.0. The number of benzene rings is 1. The molecule has 1 N–H and O–H groups in total. The molecule has 0 bridgehead atoms. The SMILES string of the molecule is COC(=O)c1nc(C2CC2)nc(NCCC2=CCc3ccc(C)cc32)c1Cl. The molecule has 1 aromatic carbocycles. The Hall–Kier alpha value is -2.40. The lowest BCUT2D eigenvalue weighted by molar-refractivity contribution is 0.0593. The average Bonchev–Trinajstić information content (AvgIpc) is 3.44. The standard InChI is InChI=1S/C21H22ClN3O2/c1-12-3-4-13-5-6-14(16(13)11-12)9-10-23-20-17(22)18(21(26)27-2)24-19(25-20)15-7-8-15/h3-4,6,11,15H,5,7-10H2,1-2H3,(H,23,24,25). The van der Waals surface area contributed by atoms with Crippen molar-refractivity contribution < 1.29 is 9.53 Å². The number of rotatable bonds is 6. The third kappa shape index (κ3) is 3.69. The molecule has 0 atom stereocenters. The molecule has 0 radical (unpaired) electrons. The van der Waals surface area contributed by atoms with Gasteiger partial charge in [0.1, 0.15) is 16.7 Å². The van der Waals surface area contributed by atoms with Crippen LogP contribution in [0.15, 0.2) is 24.3 Å². The van der Waals surface area contributed by atoms with E-state index in [-0.39, 0.29) is 10.7 Å². The van der Waals surface area contributed by atoms with E-state index < -0.39 is 5.97 Å². The quantitative estimate of drug-likeness (QED) is 0.741. The van der Waals surface area contributed by atoms with Crippen molar-refractivity contribution >= 4 is 29.0 Å². The van der Waals surface area contributed by atoms with Crippen molar-refractivity contribution in [2.45, 2.75) is 38.5 Å². The molecule has 1 heterocycles. The van der Waals surface area contributed by atoms with Crippen LogP contribution in [0, 0.1) is 6.92 Å². The van der Waals surface area contributed by atoms with Crippen molar-refractivity contribution in [3.63, 3.8) is 0 Å². The summed E-state index contributed by atoms with van der Waals surface area (Å²) in [6, 6.07) is 6.60. The monoisotopic (exact) mass is 383 g/mol. The van der Waals surface area contributed by atoms with Crippen LogP contribution in [0.25, 0.3) is 5.57 Å². The second-order valence-electron chi connectivity index (χ2n) is 7.13. The van der Waals surface area contributed by atoms with Gasteiger partial charge in [-0.2, -0.15) is 0 Å². The summed E-state index contributed by atoms with van der Waals surface area (Å²) >= 11 is 6.37. The summed E-state index contributed by atoms with van der Waals surface area (Å²) in [7, 11) is 1.33. The Kier molecular flexibility index (Phi) is 4.87. The van der Waals surface area contributed by atoms with Crippen LogP contribution in [0.3, 0.4) is 0 Å². The van der Waals surface area contributed by atoms with E-state index in [9.17, 15) is 4.79 Å². The van der Waals surface area contributed by atoms with Crippen molar-refractivity contribution in [2.24, 2.45) is 0 Å².